The van der Waals surface area contributed by atoms with Crippen molar-refractivity contribution < 1.29 is 9.53 Å². The highest BCUT2D eigenvalue weighted by Crippen LogP contribution is 2.33. The summed E-state index contributed by atoms with van der Waals surface area (Å²) >= 11 is 0. The van der Waals surface area contributed by atoms with Crippen LogP contribution < -0.4 is 5.73 Å². The number of aryl methyl sites for hydroxylation is 1. The van der Waals surface area contributed by atoms with E-state index in [2.05, 4.69) is 0 Å². The second-order valence-electron chi connectivity index (χ2n) is 7.77. The van der Waals surface area contributed by atoms with E-state index < -0.39 is 11.6 Å². The van der Waals surface area contributed by atoms with E-state index in [9.17, 15) is 4.79 Å². The number of para-hydroxylation sites is 3. The first-order chi connectivity index (χ1) is 13.3. The summed E-state index contributed by atoms with van der Waals surface area (Å²) in [7, 11) is 0. The highest BCUT2D eigenvalue weighted by molar-refractivity contribution is 6.09. The van der Waals surface area contributed by atoms with Gasteiger partial charge in [0.1, 0.15) is 22.5 Å². The number of benzene rings is 2. The standard InChI is InChI=1S/C22H22N4O2/c1-13-9-5-8-12-16(13)26-19(23)17(21(27)28-22(2,3)4)18-20(26)25-15-11-7-6-10-14(15)24-18/h5-12H,23H2,1-4H3. The van der Waals surface area contributed by atoms with Crippen molar-refractivity contribution in [3.63, 3.8) is 0 Å². The molecule has 0 aliphatic heterocycles. The molecule has 0 aliphatic rings. The maximum atomic E-state index is 13.0. The molecule has 0 amide bonds. The van der Waals surface area contributed by atoms with Gasteiger partial charge in [0.25, 0.3) is 0 Å². The number of aromatic nitrogens is 3. The first-order valence-electron chi connectivity index (χ1n) is 9.12. The van der Waals surface area contributed by atoms with Crippen molar-refractivity contribution in [3.05, 3.63) is 59.7 Å². The molecule has 0 fully saturated rings. The highest BCUT2D eigenvalue weighted by atomic mass is 16.6. The molecule has 0 bridgehead atoms. The van der Waals surface area contributed by atoms with E-state index >= 15 is 0 Å². The first kappa shape index (κ1) is 18.0. The Balaban J connectivity index is 2.09. The Labute approximate surface area is 163 Å². The van der Waals surface area contributed by atoms with Crippen LogP contribution in [0.1, 0.15) is 36.7 Å². The number of nitrogen functional groups attached to an aromatic ring is 1. The Morgan fingerprint density at radius 3 is 2.25 bits per heavy atom. The lowest BCUT2D eigenvalue weighted by Crippen LogP contribution is -2.24. The fourth-order valence-corrected chi connectivity index (χ4v) is 3.25. The van der Waals surface area contributed by atoms with Crippen LogP contribution in [0.2, 0.25) is 0 Å². The molecule has 2 aromatic carbocycles. The monoisotopic (exact) mass is 374 g/mol. The van der Waals surface area contributed by atoms with Crippen molar-refractivity contribution in [2.24, 2.45) is 0 Å². The fraction of sp³-hybridized carbons (Fsp3) is 0.227. The van der Waals surface area contributed by atoms with Gasteiger partial charge in [0.05, 0.1) is 16.7 Å². The summed E-state index contributed by atoms with van der Waals surface area (Å²) in [5.74, 6) is -0.235. The number of nitrogens with zero attached hydrogens (tertiary/aromatic N) is 3. The lowest BCUT2D eigenvalue weighted by Gasteiger charge is -2.19. The van der Waals surface area contributed by atoms with Gasteiger partial charge in [0.2, 0.25) is 0 Å². The molecule has 2 aromatic heterocycles. The molecule has 142 valence electrons. The van der Waals surface area contributed by atoms with Crippen LogP contribution in [-0.4, -0.2) is 26.1 Å². The van der Waals surface area contributed by atoms with Crippen molar-refractivity contribution >= 4 is 34.0 Å². The van der Waals surface area contributed by atoms with Crippen molar-refractivity contribution in [1.82, 2.24) is 14.5 Å². The molecule has 6 heteroatoms. The molecule has 0 unspecified atom stereocenters. The van der Waals surface area contributed by atoms with Gasteiger partial charge in [-0.25, -0.2) is 14.8 Å². The Morgan fingerprint density at radius 2 is 1.61 bits per heavy atom. The number of hydrogen-bond acceptors (Lipinski definition) is 5. The number of fused-ring (bicyclic) bond motifs is 2. The predicted octanol–water partition coefficient (Wildman–Crippen LogP) is 4.42. The predicted molar refractivity (Wildman–Crippen MR) is 111 cm³/mol. The average molecular weight is 374 g/mol. The van der Waals surface area contributed by atoms with Gasteiger partial charge in [-0.3, -0.25) is 4.57 Å². The highest BCUT2D eigenvalue weighted by Gasteiger charge is 2.28. The van der Waals surface area contributed by atoms with E-state index in [0.29, 0.717) is 16.7 Å². The zero-order valence-electron chi connectivity index (χ0n) is 16.4. The largest absolute Gasteiger partial charge is 0.456 e. The molecule has 0 atom stereocenters. The molecular weight excluding hydrogens is 352 g/mol. The minimum absolute atomic E-state index is 0.242. The quantitative estimate of drug-likeness (QED) is 0.525. The number of ether oxygens (including phenoxy) is 1. The van der Waals surface area contributed by atoms with Crippen molar-refractivity contribution in [1.29, 1.82) is 0 Å². The maximum Gasteiger partial charge on any atom is 0.344 e. The molecule has 0 aliphatic carbocycles. The lowest BCUT2D eigenvalue weighted by molar-refractivity contribution is 0.00728. The summed E-state index contributed by atoms with van der Waals surface area (Å²) in [4.78, 5) is 22.4. The smallest absolute Gasteiger partial charge is 0.344 e. The van der Waals surface area contributed by atoms with E-state index in [-0.39, 0.29) is 11.4 Å². The van der Waals surface area contributed by atoms with Crippen molar-refractivity contribution in [2.45, 2.75) is 33.3 Å². The number of esters is 1. The molecule has 0 saturated carbocycles. The van der Waals surface area contributed by atoms with Crippen molar-refractivity contribution in [2.75, 3.05) is 5.73 Å². The molecule has 0 spiro atoms. The van der Waals surface area contributed by atoms with Gasteiger partial charge >= 0.3 is 5.97 Å². The zero-order chi connectivity index (χ0) is 20.1. The number of nitrogens with two attached hydrogens (primary N) is 1. The topological polar surface area (TPSA) is 83.0 Å². The van der Waals surface area contributed by atoms with Crippen LogP contribution in [0.3, 0.4) is 0 Å². The van der Waals surface area contributed by atoms with E-state index in [0.717, 1.165) is 16.8 Å². The Kier molecular flexibility index (Phi) is 4.07. The third-order valence-corrected chi connectivity index (χ3v) is 4.46. The van der Waals surface area contributed by atoms with Crippen LogP contribution in [-0.2, 0) is 4.74 Å². The summed E-state index contributed by atoms with van der Waals surface area (Å²) in [6.45, 7) is 7.45. The van der Waals surface area contributed by atoms with Crippen LogP contribution in [0.4, 0.5) is 5.82 Å². The van der Waals surface area contributed by atoms with E-state index in [1.165, 1.54) is 0 Å². The zero-order valence-corrected chi connectivity index (χ0v) is 16.4. The maximum absolute atomic E-state index is 13.0. The number of carbonyl (C=O) groups is 1. The van der Waals surface area contributed by atoms with Crippen LogP contribution in [0.15, 0.2) is 48.5 Å². The average Bonchev–Trinajstić information content (AvgIpc) is 2.90. The molecule has 28 heavy (non-hydrogen) atoms. The Morgan fingerprint density at radius 1 is 1.00 bits per heavy atom. The van der Waals surface area contributed by atoms with Crippen LogP contribution in [0.5, 0.6) is 0 Å². The fourth-order valence-electron chi connectivity index (χ4n) is 3.25. The third kappa shape index (κ3) is 2.97. The SMILES string of the molecule is Cc1ccccc1-n1c(N)c(C(=O)OC(C)(C)C)c2nc3ccccc3nc21. The van der Waals surface area contributed by atoms with Gasteiger partial charge < -0.3 is 10.5 Å². The summed E-state index contributed by atoms with van der Waals surface area (Å²) in [6, 6.07) is 15.4. The van der Waals surface area contributed by atoms with Gasteiger partial charge in [-0.1, -0.05) is 30.3 Å². The summed E-state index contributed by atoms with van der Waals surface area (Å²) in [6.07, 6.45) is 0. The third-order valence-electron chi connectivity index (χ3n) is 4.46. The normalized spacial score (nSPS) is 11.9. The molecular formula is C22H22N4O2. The van der Waals surface area contributed by atoms with Gasteiger partial charge in [-0.05, 0) is 51.5 Å². The Hall–Kier alpha value is -3.41. The molecule has 6 nitrogen and oxygen atoms in total. The number of anilines is 1. The van der Waals surface area contributed by atoms with Crippen molar-refractivity contribution in [3.8, 4) is 5.69 Å². The first-order valence-corrected chi connectivity index (χ1v) is 9.12. The van der Waals surface area contributed by atoms with Gasteiger partial charge in [0, 0.05) is 0 Å². The van der Waals surface area contributed by atoms with Gasteiger partial charge in [-0.15, -0.1) is 0 Å². The van der Waals surface area contributed by atoms with E-state index in [4.69, 9.17) is 20.4 Å². The molecule has 2 heterocycles. The number of rotatable bonds is 2. The van der Waals surface area contributed by atoms with E-state index in [1.54, 1.807) is 4.57 Å². The summed E-state index contributed by atoms with van der Waals surface area (Å²) < 4.78 is 7.39. The minimum Gasteiger partial charge on any atom is -0.456 e. The molecule has 0 saturated heterocycles. The second-order valence-corrected chi connectivity index (χ2v) is 7.77. The molecule has 0 radical (unpaired) electrons. The number of carbonyl (C=O) groups excluding carboxylic acids is 1. The molecule has 4 rings (SSSR count). The second kappa shape index (κ2) is 6.34. The van der Waals surface area contributed by atoms with Crippen LogP contribution in [0.25, 0.3) is 27.9 Å². The van der Waals surface area contributed by atoms with E-state index in [1.807, 2.05) is 76.2 Å². The van der Waals surface area contributed by atoms with Gasteiger partial charge in [0.15, 0.2) is 5.65 Å². The lowest BCUT2D eigenvalue weighted by atomic mass is 10.2. The Bertz CT molecular complexity index is 1220. The summed E-state index contributed by atoms with van der Waals surface area (Å²) in [5, 5.41) is 0. The summed E-state index contributed by atoms with van der Waals surface area (Å²) in [5.41, 5.74) is 10.3. The van der Waals surface area contributed by atoms with Crippen LogP contribution in [0, 0.1) is 6.92 Å². The van der Waals surface area contributed by atoms with Crippen LogP contribution >= 0.6 is 0 Å². The molecule has 2 N–H and O–H groups in total. The van der Waals surface area contributed by atoms with Gasteiger partial charge in [-0.2, -0.15) is 0 Å². The molecule has 4 aromatic rings. The minimum atomic E-state index is -0.648. The number of hydrogen-bond donors (Lipinski definition) is 1.